The molecule has 1 unspecified atom stereocenters. The Bertz CT molecular complexity index is 555. The third-order valence-electron chi connectivity index (χ3n) is 3.30. The van der Waals surface area contributed by atoms with Crippen LogP contribution in [0.25, 0.3) is 0 Å². The lowest BCUT2D eigenvalue weighted by Gasteiger charge is -2.44. The summed E-state index contributed by atoms with van der Waals surface area (Å²) in [5.41, 5.74) is 0.295. The number of thioether (sulfide) groups is 2. The minimum atomic E-state index is -1.21. The zero-order valence-electron chi connectivity index (χ0n) is 9.62. The third kappa shape index (κ3) is 1.81. The van der Waals surface area contributed by atoms with Crippen molar-refractivity contribution in [3.05, 3.63) is 11.3 Å². The molecule has 2 atom stereocenters. The minimum absolute atomic E-state index is 0.0853. The fraction of sp³-hybridized carbons (Fsp3) is 0.455. The number of carboxylic acids is 1. The van der Waals surface area contributed by atoms with Gasteiger partial charge in [0.2, 0.25) is 17.5 Å². The summed E-state index contributed by atoms with van der Waals surface area (Å²) < 4.78 is 0. The van der Waals surface area contributed by atoms with Crippen molar-refractivity contribution >= 4 is 47.0 Å². The molecule has 3 heterocycles. The van der Waals surface area contributed by atoms with Crippen LogP contribution in [0.15, 0.2) is 11.3 Å². The average Bonchev–Trinajstić information content (AvgIpc) is 2.68. The van der Waals surface area contributed by atoms with E-state index in [0.29, 0.717) is 17.7 Å². The Kier molecular flexibility index (Phi) is 2.94. The molecule has 0 aromatic heterocycles. The van der Waals surface area contributed by atoms with Crippen molar-refractivity contribution in [3.8, 4) is 0 Å². The van der Waals surface area contributed by atoms with Crippen LogP contribution < -0.4 is 0 Å². The molecule has 100 valence electrons. The van der Waals surface area contributed by atoms with Gasteiger partial charge in [0, 0.05) is 5.75 Å². The molecule has 0 aromatic rings. The Morgan fingerprint density at radius 1 is 1.21 bits per heavy atom. The van der Waals surface area contributed by atoms with Gasteiger partial charge >= 0.3 is 5.97 Å². The molecule has 19 heavy (non-hydrogen) atoms. The molecule has 0 radical (unpaired) electrons. The maximum Gasteiger partial charge on any atom is 0.352 e. The summed E-state index contributed by atoms with van der Waals surface area (Å²) in [5.74, 6) is -2.01. The topological polar surface area (TPSA) is 91.7 Å². The SMILES string of the molecule is O=C(O)C1=C(C2SCC(=O)C2=O)CS[C@H]2CC(=O)N12. The van der Waals surface area contributed by atoms with Gasteiger partial charge in [-0.2, -0.15) is 0 Å². The zero-order chi connectivity index (χ0) is 13.7. The fourth-order valence-electron chi connectivity index (χ4n) is 2.35. The number of aliphatic carboxylic acids is 1. The number of hydrogen-bond donors (Lipinski definition) is 1. The number of carbonyl (C=O) groups is 4. The van der Waals surface area contributed by atoms with Gasteiger partial charge in [0.1, 0.15) is 5.70 Å². The number of carbonyl (C=O) groups excluding carboxylic acids is 3. The summed E-state index contributed by atoms with van der Waals surface area (Å²) in [6.07, 6.45) is 0.333. The first-order valence-electron chi connectivity index (χ1n) is 5.59. The Morgan fingerprint density at radius 3 is 2.47 bits per heavy atom. The van der Waals surface area contributed by atoms with E-state index in [-0.39, 0.29) is 22.7 Å². The second-order valence-corrected chi connectivity index (χ2v) is 6.65. The van der Waals surface area contributed by atoms with Crippen molar-refractivity contribution in [2.45, 2.75) is 17.0 Å². The van der Waals surface area contributed by atoms with E-state index < -0.39 is 22.8 Å². The van der Waals surface area contributed by atoms with Gasteiger partial charge in [-0.25, -0.2) is 4.79 Å². The van der Waals surface area contributed by atoms with Crippen molar-refractivity contribution < 1.29 is 24.3 Å². The Hall–Kier alpha value is -1.28. The molecule has 0 saturated carbocycles. The van der Waals surface area contributed by atoms with Crippen molar-refractivity contribution in [3.63, 3.8) is 0 Å². The molecule has 0 aliphatic carbocycles. The molecule has 1 N–H and O–H groups in total. The van der Waals surface area contributed by atoms with Gasteiger partial charge in [0.15, 0.2) is 0 Å². The number of hydrogen-bond acceptors (Lipinski definition) is 6. The number of Topliss-reactive ketones (excluding diaryl/α,β-unsaturated/α-hetero) is 2. The molecular formula is C11H9NO5S2. The van der Waals surface area contributed by atoms with Gasteiger partial charge in [-0.05, 0) is 5.57 Å². The number of β-lactam (4-membered cyclic amide) rings is 1. The molecule has 3 aliphatic heterocycles. The van der Waals surface area contributed by atoms with E-state index in [9.17, 15) is 24.3 Å². The maximum absolute atomic E-state index is 11.8. The largest absolute Gasteiger partial charge is 0.477 e. The van der Waals surface area contributed by atoms with Crippen LogP contribution in [0.1, 0.15) is 6.42 Å². The predicted octanol–water partition coefficient (Wildman–Crippen LogP) is -0.116. The summed E-state index contributed by atoms with van der Waals surface area (Å²) >= 11 is 2.59. The number of fused-ring (bicyclic) bond motifs is 1. The second kappa shape index (κ2) is 4.38. The third-order valence-corrected chi connectivity index (χ3v) is 5.80. The number of rotatable bonds is 2. The van der Waals surface area contributed by atoms with Crippen molar-refractivity contribution in [1.29, 1.82) is 0 Å². The van der Waals surface area contributed by atoms with Gasteiger partial charge in [-0.3, -0.25) is 19.3 Å². The summed E-state index contributed by atoms with van der Waals surface area (Å²) in [5, 5.41) is 8.42. The highest BCUT2D eigenvalue weighted by Gasteiger charge is 2.49. The molecule has 1 amide bonds. The number of ketones is 2. The smallest absolute Gasteiger partial charge is 0.352 e. The molecular weight excluding hydrogens is 290 g/mol. The van der Waals surface area contributed by atoms with Crippen molar-refractivity contribution in [1.82, 2.24) is 4.90 Å². The van der Waals surface area contributed by atoms with Crippen LogP contribution in [0.3, 0.4) is 0 Å². The van der Waals surface area contributed by atoms with Gasteiger partial charge in [-0.1, -0.05) is 0 Å². The minimum Gasteiger partial charge on any atom is -0.477 e. The van der Waals surface area contributed by atoms with Crippen LogP contribution >= 0.6 is 23.5 Å². The molecule has 3 aliphatic rings. The lowest BCUT2D eigenvalue weighted by molar-refractivity contribution is -0.146. The molecule has 8 heteroatoms. The first-order chi connectivity index (χ1) is 9.00. The summed E-state index contributed by atoms with van der Waals surface area (Å²) in [4.78, 5) is 47.2. The summed E-state index contributed by atoms with van der Waals surface area (Å²) in [6, 6.07) is 0. The Labute approximate surface area is 116 Å². The molecule has 3 rings (SSSR count). The maximum atomic E-state index is 11.8. The zero-order valence-corrected chi connectivity index (χ0v) is 11.3. The van der Waals surface area contributed by atoms with Gasteiger partial charge < -0.3 is 5.11 Å². The van der Waals surface area contributed by atoms with E-state index >= 15 is 0 Å². The molecule has 2 fully saturated rings. The van der Waals surface area contributed by atoms with E-state index in [1.807, 2.05) is 0 Å². The quantitative estimate of drug-likeness (QED) is 0.561. The molecule has 6 nitrogen and oxygen atoms in total. The number of nitrogens with zero attached hydrogens (tertiary/aromatic N) is 1. The first-order valence-corrected chi connectivity index (χ1v) is 7.69. The lowest BCUT2D eigenvalue weighted by atomic mass is 10.0. The normalized spacial score (nSPS) is 30.5. The van der Waals surface area contributed by atoms with Gasteiger partial charge in [-0.15, -0.1) is 23.5 Å². The van der Waals surface area contributed by atoms with Crippen LogP contribution in [0.2, 0.25) is 0 Å². The summed E-state index contributed by atoms with van der Waals surface area (Å²) in [7, 11) is 0. The molecule has 2 saturated heterocycles. The Morgan fingerprint density at radius 2 is 1.95 bits per heavy atom. The standard InChI is InChI=1S/C11H9NO5S2/c13-5-3-19-10(9(5)15)4-2-18-7-1-6(14)12(7)8(4)11(16)17/h7,10H,1-3H2,(H,16,17)/t7-,10?/m0/s1. The highest BCUT2D eigenvalue weighted by atomic mass is 32.2. The van der Waals surface area contributed by atoms with Crippen LogP contribution in [-0.2, 0) is 19.2 Å². The number of carboxylic acid groups (broad SMARTS) is 1. The predicted molar refractivity (Wildman–Crippen MR) is 68.6 cm³/mol. The lowest BCUT2D eigenvalue weighted by Crippen LogP contribution is -2.54. The van der Waals surface area contributed by atoms with Crippen LogP contribution in [0, 0.1) is 0 Å². The fourth-order valence-corrected chi connectivity index (χ4v) is 4.90. The highest BCUT2D eigenvalue weighted by molar-refractivity contribution is 8.03. The molecule has 0 spiro atoms. The van der Waals surface area contributed by atoms with Gasteiger partial charge in [0.05, 0.1) is 22.8 Å². The van der Waals surface area contributed by atoms with Crippen LogP contribution in [-0.4, -0.2) is 55.6 Å². The van der Waals surface area contributed by atoms with Crippen molar-refractivity contribution in [2.75, 3.05) is 11.5 Å². The van der Waals surface area contributed by atoms with E-state index in [1.54, 1.807) is 0 Å². The highest BCUT2D eigenvalue weighted by Crippen LogP contribution is 2.43. The van der Waals surface area contributed by atoms with E-state index in [0.717, 1.165) is 11.8 Å². The van der Waals surface area contributed by atoms with Crippen LogP contribution in [0.5, 0.6) is 0 Å². The van der Waals surface area contributed by atoms with Gasteiger partial charge in [0.25, 0.3) is 0 Å². The van der Waals surface area contributed by atoms with Crippen molar-refractivity contribution in [2.24, 2.45) is 0 Å². The second-order valence-electron chi connectivity index (χ2n) is 4.39. The van der Waals surface area contributed by atoms with E-state index in [4.69, 9.17) is 0 Å². The first kappa shape index (κ1) is 12.7. The average molecular weight is 299 g/mol. The summed E-state index contributed by atoms with van der Waals surface area (Å²) in [6.45, 7) is 0. The van der Waals surface area contributed by atoms with Crippen LogP contribution in [0.4, 0.5) is 0 Å². The number of amides is 1. The molecule has 0 bridgehead atoms. The van der Waals surface area contributed by atoms with E-state index in [2.05, 4.69) is 0 Å². The molecule has 0 aromatic carbocycles. The van der Waals surface area contributed by atoms with E-state index in [1.165, 1.54) is 16.7 Å². The monoisotopic (exact) mass is 299 g/mol. The Balaban J connectivity index is 2.03.